The van der Waals surface area contributed by atoms with E-state index in [9.17, 15) is 28.8 Å². The topological polar surface area (TPSA) is 197 Å². The van der Waals surface area contributed by atoms with Gasteiger partial charge in [0, 0.05) is 35.7 Å². The van der Waals surface area contributed by atoms with Crippen LogP contribution in [0.3, 0.4) is 0 Å². The molecule has 15 heteroatoms. The summed E-state index contributed by atoms with van der Waals surface area (Å²) in [5, 5.41) is 10.5. The van der Waals surface area contributed by atoms with Crippen molar-refractivity contribution in [2.45, 2.75) is 24.9 Å². The van der Waals surface area contributed by atoms with Crippen LogP contribution in [0.2, 0.25) is 0 Å². The Morgan fingerprint density at radius 3 is 1.04 bits per heavy atom. The zero-order chi connectivity index (χ0) is 36.5. The lowest BCUT2D eigenvalue weighted by atomic mass is 10.1. The third-order valence-electron chi connectivity index (χ3n) is 6.09. The fraction of sp³-hybridized carbons (Fsp3) is 0.235. The molecule has 0 bridgehead atoms. The zero-order valence-electron chi connectivity index (χ0n) is 27.1. The van der Waals surface area contributed by atoms with Gasteiger partial charge >= 0.3 is 35.9 Å². The van der Waals surface area contributed by atoms with Crippen molar-refractivity contribution in [1.82, 2.24) is 10.6 Å². The third kappa shape index (κ3) is 14.3. The van der Waals surface area contributed by atoms with Gasteiger partial charge in [0.15, 0.2) is 0 Å². The van der Waals surface area contributed by atoms with Crippen LogP contribution in [-0.4, -0.2) is 73.4 Å². The molecule has 2 rings (SSSR count). The molecule has 0 saturated heterocycles. The van der Waals surface area contributed by atoms with Gasteiger partial charge in [-0.05, 0) is 62.4 Å². The van der Waals surface area contributed by atoms with Crippen LogP contribution in [0.1, 0.15) is 13.8 Å². The second-order valence-electron chi connectivity index (χ2n) is 10.7. The molecule has 49 heavy (non-hydrogen) atoms. The van der Waals surface area contributed by atoms with E-state index in [4.69, 9.17) is 23.7 Å². The number of carbonyl (C=O) groups excluding carboxylic acids is 6. The van der Waals surface area contributed by atoms with Crippen LogP contribution < -0.4 is 26.0 Å². The molecule has 0 fully saturated rings. The van der Waals surface area contributed by atoms with Crippen LogP contribution in [0.15, 0.2) is 99.2 Å². The molecule has 0 spiro atoms. The van der Waals surface area contributed by atoms with Gasteiger partial charge in [-0.25, -0.2) is 28.8 Å². The second kappa shape index (κ2) is 18.7. The smallest absolute Gasteiger partial charge is 0.330 e. The summed E-state index contributed by atoms with van der Waals surface area (Å²) in [6, 6.07) is 11.4. The highest BCUT2D eigenvalue weighted by atomic mass is 16.6. The number of urea groups is 2. The van der Waals surface area contributed by atoms with Gasteiger partial charge in [-0.3, -0.25) is 0 Å². The summed E-state index contributed by atoms with van der Waals surface area (Å²) in [5.74, 6) is -2.01. The monoisotopic (exact) mass is 678 g/mol. The first-order chi connectivity index (χ1) is 23.2. The Balaban J connectivity index is 1.97. The average Bonchev–Trinajstić information content (AvgIpc) is 3.09. The average molecular weight is 679 g/mol. The Morgan fingerprint density at radius 2 is 0.796 bits per heavy atom. The minimum atomic E-state index is -1.27. The van der Waals surface area contributed by atoms with E-state index in [-0.39, 0.29) is 26.4 Å². The van der Waals surface area contributed by atoms with Gasteiger partial charge in [-0.15, -0.1) is 0 Å². The summed E-state index contributed by atoms with van der Waals surface area (Å²) in [5.41, 5.74) is -1.75. The predicted molar refractivity (Wildman–Crippen MR) is 179 cm³/mol. The molecule has 0 unspecified atom stereocenters. The maximum atomic E-state index is 12.7. The van der Waals surface area contributed by atoms with Crippen LogP contribution >= 0.6 is 0 Å². The van der Waals surface area contributed by atoms with E-state index >= 15 is 0 Å². The third-order valence-corrected chi connectivity index (χ3v) is 6.09. The summed E-state index contributed by atoms with van der Waals surface area (Å²) >= 11 is 0. The summed E-state index contributed by atoms with van der Waals surface area (Å²) in [4.78, 5) is 71.6. The molecular weight excluding hydrogens is 640 g/mol. The fourth-order valence-corrected chi connectivity index (χ4v) is 3.61. The Kier molecular flexibility index (Phi) is 14.8. The Labute approximate surface area is 282 Å². The summed E-state index contributed by atoms with van der Waals surface area (Å²) in [6.07, 6.45) is 3.85. The Hall–Kier alpha value is -6.38. The van der Waals surface area contributed by atoms with Crippen LogP contribution in [0.5, 0.6) is 11.5 Å². The molecule has 2 aromatic rings. The predicted octanol–water partition coefficient (Wildman–Crippen LogP) is 4.16. The number of hydrogen-bond donors (Lipinski definition) is 4. The van der Waals surface area contributed by atoms with Crippen LogP contribution in [0, 0.1) is 0 Å². The number of esters is 4. The number of rotatable bonds is 18. The number of ether oxygens (including phenoxy) is 5. The lowest BCUT2D eigenvalue weighted by molar-refractivity contribution is -0.145. The van der Waals surface area contributed by atoms with Gasteiger partial charge in [0.1, 0.15) is 49.0 Å². The molecule has 4 amide bonds. The van der Waals surface area contributed by atoms with Crippen LogP contribution in [0.25, 0.3) is 0 Å². The molecule has 0 saturated carbocycles. The molecule has 0 aliphatic heterocycles. The van der Waals surface area contributed by atoms with Gasteiger partial charge in [0.2, 0.25) is 0 Å². The molecule has 4 N–H and O–H groups in total. The van der Waals surface area contributed by atoms with E-state index in [0.717, 1.165) is 24.3 Å². The minimum Gasteiger partial charge on any atom is -0.460 e. The van der Waals surface area contributed by atoms with Crippen LogP contribution in [0.4, 0.5) is 21.0 Å². The van der Waals surface area contributed by atoms with Gasteiger partial charge in [0.05, 0.1) is 0 Å². The standard InChI is InChI=1S/C34H38N4O11/c1-7-27(39)45-19-33(5,20-46-28(40)8-2)37-31(43)35-23-11-15-25(16-12-23)49-26-17-13-24(14-18-26)36-32(44)38-34(6,21-47-29(41)9-3)22-48-30(42)10-4/h7-18H,1-4,19-22H2,5-6H3,(H2,35,37,43)(H2,36,38,44). The molecule has 2 aromatic carbocycles. The van der Waals surface area contributed by atoms with Crippen molar-refractivity contribution in [2.75, 3.05) is 37.1 Å². The summed E-state index contributed by atoms with van der Waals surface area (Å²) in [7, 11) is 0. The summed E-state index contributed by atoms with van der Waals surface area (Å²) < 4.78 is 26.0. The Morgan fingerprint density at radius 1 is 0.531 bits per heavy atom. The quantitative estimate of drug-likeness (QED) is 0.100. The van der Waals surface area contributed by atoms with Gasteiger partial charge in [0.25, 0.3) is 0 Å². The number of benzene rings is 2. The number of hydrogen-bond acceptors (Lipinski definition) is 11. The summed E-state index contributed by atoms with van der Waals surface area (Å²) in [6.45, 7) is 15.1. The molecular formula is C34H38N4O11. The molecule has 0 aliphatic carbocycles. The minimum absolute atomic E-state index is 0.304. The molecule has 0 aromatic heterocycles. The molecule has 15 nitrogen and oxygen atoms in total. The van der Waals surface area contributed by atoms with E-state index in [0.29, 0.717) is 22.9 Å². The molecule has 0 aliphatic rings. The number of nitrogens with one attached hydrogen (secondary N) is 4. The number of amides is 4. The maximum Gasteiger partial charge on any atom is 0.330 e. The highest BCUT2D eigenvalue weighted by Gasteiger charge is 2.31. The molecule has 0 atom stereocenters. The van der Waals surface area contributed by atoms with Crippen molar-refractivity contribution in [3.8, 4) is 11.5 Å². The number of carbonyl (C=O) groups is 6. The van der Waals surface area contributed by atoms with Crippen molar-refractivity contribution in [1.29, 1.82) is 0 Å². The van der Waals surface area contributed by atoms with Crippen molar-refractivity contribution < 1.29 is 52.5 Å². The van der Waals surface area contributed by atoms with Crippen molar-refractivity contribution >= 4 is 47.3 Å². The van der Waals surface area contributed by atoms with E-state index in [1.165, 1.54) is 13.8 Å². The highest BCUT2D eigenvalue weighted by molar-refractivity contribution is 5.91. The maximum absolute atomic E-state index is 12.7. The lowest BCUT2D eigenvalue weighted by Crippen LogP contribution is -2.54. The molecule has 260 valence electrons. The normalized spacial score (nSPS) is 10.6. The lowest BCUT2D eigenvalue weighted by Gasteiger charge is -2.29. The molecule has 0 radical (unpaired) electrons. The first kappa shape index (κ1) is 38.8. The van der Waals surface area contributed by atoms with Gasteiger partial charge in [-0.2, -0.15) is 0 Å². The fourth-order valence-electron chi connectivity index (χ4n) is 3.61. The highest BCUT2D eigenvalue weighted by Crippen LogP contribution is 2.25. The second-order valence-corrected chi connectivity index (χ2v) is 10.7. The number of anilines is 2. The first-order valence-electron chi connectivity index (χ1n) is 14.4. The first-order valence-corrected chi connectivity index (χ1v) is 14.4. The van der Waals surface area contributed by atoms with E-state index < -0.39 is 47.0 Å². The largest absolute Gasteiger partial charge is 0.460 e. The Bertz CT molecular complexity index is 1390. The van der Waals surface area contributed by atoms with Crippen LogP contribution in [-0.2, 0) is 38.1 Å². The van der Waals surface area contributed by atoms with Crippen molar-refractivity contribution in [2.24, 2.45) is 0 Å². The van der Waals surface area contributed by atoms with E-state index in [1.54, 1.807) is 48.5 Å². The van der Waals surface area contributed by atoms with Crippen molar-refractivity contribution in [3.05, 3.63) is 99.2 Å². The van der Waals surface area contributed by atoms with Crippen molar-refractivity contribution in [3.63, 3.8) is 0 Å². The zero-order valence-corrected chi connectivity index (χ0v) is 27.1. The van der Waals surface area contributed by atoms with Gasteiger partial charge in [-0.1, -0.05) is 26.3 Å². The van der Waals surface area contributed by atoms with Gasteiger partial charge < -0.3 is 45.0 Å². The van der Waals surface area contributed by atoms with E-state index in [2.05, 4.69) is 47.6 Å². The molecule has 0 heterocycles. The van der Waals surface area contributed by atoms with E-state index in [1.807, 2.05) is 0 Å². The SMILES string of the molecule is C=CC(=O)OCC(C)(COC(=O)C=C)NC(=O)Nc1ccc(Oc2ccc(NC(=O)NC(C)(COC(=O)C=C)COC(=O)C=C)cc2)cc1.